The van der Waals surface area contributed by atoms with Crippen LogP contribution in [0.3, 0.4) is 0 Å². The molecule has 0 aliphatic rings. The SMILES string of the molecule is Nc1cc(Cl)cc(C(F)(F)C(=O)O)c1Cl. The van der Waals surface area contributed by atoms with Gasteiger partial charge in [-0.3, -0.25) is 0 Å². The lowest BCUT2D eigenvalue weighted by atomic mass is 10.1. The average Bonchev–Trinajstić information content (AvgIpc) is 2.10. The molecule has 0 fully saturated rings. The van der Waals surface area contributed by atoms with E-state index in [1.54, 1.807) is 0 Å². The topological polar surface area (TPSA) is 63.3 Å². The highest BCUT2D eigenvalue weighted by atomic mass is 35.5. The Kier molecular flexibility index (Phi) is 3.06. The zero-order valence-electron chi connectivity index (χ0n) is 7.10. The Bertz CT molecular complexity index is 423. The number of nitrogen functional groups attached to an aromatic ring is 1. The first-order valence-electron chi connectivity index (χ1n) is 3.63. The summed E-state index contributed by atoms with van der Waals surface area (Å²) in [4.78, 5) is 10.3. The van der Waals surface area contributed by atoms with Crippen LogP contribution in [0.4, 0.5) is 14.5 Å². The van der Waals surface area contributed by atoms with Gasteiger partial charge in [0.15, 0.2) is 0 Å². The normalized spacial score (nSPS) is 11.5. The second-order valence-corrected chi connectivity index (χ2v) is 3.55. The second kappa shape index (κ2) is 3.83. The molecule has 0 heterocycles. The Morgan fingerprint density at radius 3 is 2.40 bits per heavy atom. The maximum Gasteiger partial charge on any atom is 0.379 e. The van der Waals surface area contributed by atoms with Crippen molar-refractivity contribution in [2.45, 2.75) is 5.92 Å². The van der Waals surface area contributed by atoms with Gasteiger partial charge in [-0.15, -0.1) is 0 Å². The maximum atomic E-state index is 13.1. The molecule has 1 aromatic rings. The van der Waals surface area contributed by atoms with Crippen LogP contribution < -0.4 is 5.73 Å². The van der Waals surface area contributed by atoms with E-state index < -0.39 is 22.5 Å². The summed E-state index contributed by atoms with van der Waals surface area (Å²) < 4.78 is 26.2. The molecule has 0 spiro atoms. The summed E-state index contributed by atoms with van der Waals surface area (Å²) in [7, 11) is 0. The molecular formula is C8H5Cl2F2NO2. The number of rotatable bonds is 2. The second-order valence-electron chi connectivity index (χ2n) is 2.74. The quantitative estimate of drug-likeness (QED) is 0.799. The van der Waals surface area contributed by atoms with E-state index in [0.717, 1.165) is 12.1 Å². The number of carboxylic acids is 1. The highest BCUT2D eigenvalue weighted by Crippen LogP contribution is 2.38. The highest BCUT2D eigenvalue weighted by Gasteiger charge is 2.43. The van der Waals surface area contributed by atoms with E-state index in [0.29, 0.717) is 0 Å². The van der Waals surface area contributed by atoms with Gasteiger partial charge in [-0.2, -0.15) is 8.78 Å². The smallest absolute Gasteiger partial charge is 0.379 e. The fourth-order valence-electron chi connectivity index (χ4n) is 0.954. The van der Waals surface area contributed by atoms with Crippen molar-refractivity contribution < 1.29 is 18.7 Å². The minimum Gasteiger partial charge on any atom is -0.477 e. The molecular weight excluding hydrogens is 251 g/mol. The van der Waals surface area contributed by atoms with Crippen molar-refractivity contribution in [3.8, 4) is 0 Å². The van der Waals surface area contributed by atoms with Gasteiger partial charge in [-0.1, -0.05) is 23.2 Å². The molecule has 0 aliphatic heterocycles. The predicted molar refractivity (Wildman–Crippen MR) is 52.4 cm³/mol. The van der Waals surface area contributed by atoms with Crippen molar-refractivity contribution in [3.63, 3.8) is 0 Å². The molecule has 82 valence electrons. The van der Waals surface area contributed by atoms with Gasteiger partial charge in [-0.05, 0) is 12.1 Å². The third-order valence-corrected chi connectivity index (χ3v) is 2.31. The Morgan fingerprint density at radius 1 is 1.40 bits per heavy atom. The van der Waals surface area contributed by atoms with Crippen molar-refractivity contribution in [1.82, 2.24) is 0 Å². The van der Waals surface area contributed by atoms with Gasteiger partial charge < -0.3 is 10.8 Å². The summed E-state index contributed by atoms with van der Waals surface area (Å²) in [6.07, 6.45) is 0. The Hall–Kier alpha value is -1.07. The molecule has 0 saturated heterocycles. The molecule has 0 saturated carbocycles. The molecule has 0 radical (unpaired) electrons. The van der Waals surface area contributed by atoms with Gasteiger partial charge >= 0.3 is 11.9 Å². The van der Waals surface area contributed by atoms with Crippen LogP contribution in [-0.2, 0) is 10.7 Å². The molecule has 1 rings (SSSR count). The molecule has 0 unspecified atom stereocenters. The highest BCUT2D eigenvalue weighted by molar-refractivity contribution is 6.36. The van der Waals surface area contributed by atoms with Crippen molar-refractivity contribution in [2.24, 2.45) is 0 Å². The number of nitrogens with two attached hydrogens (primary N) is 1. The average molecular weight is 256 g/mol. The number of aliphatic carboxylic acids is 1. The summed E-state index contributed by atoms with van der Waals surface area (Å²) in [5.74, 6) is -6.43. The lowest BCUT2D eigenvalue weighted by Gasteiger charge is -2.14. The van der Waals surface area contributed by atoms with Crippen molar-refractivity contribution >= 4 is 34.9 Å². The van der Waals surface area contributed by atoms with Crippen LogP contribution in [0.5, 0.6) is 0 Å². The molecule has 0 amide bonds. The zero-order valence-corrected chi connectivity index (χ0v) is 8.61. The fraction of sp³-hybridized carbons (Fsp3) is 0.125. The number of hydrogen-bond donors (Lipinski definition) is 2. The van der Waals surface area contributed by atoms with Crippen LogP contribution in [0.1, 0.15) is 5.56 Å². The summed E-state index contributed by atoms with van der Waals surface area (Å²) in [6.45, 7) is 0. The number of anilines is 1. The van der Waals surface area contributed by atoms with Crippen LogP contribution in [0, 0.1) is 0 Å². The molecule has 3 nitrogen and oxygen atoms in total. The van der Waals surface area contributed by atoms with E-state index in [1.165, 1.54) is 0 Å². The van der Waals surface area contributed by atoms with E-state index in [-0.39, 0.29) is 10.7 Å². The molecule has 0 bridgehead atoms. The summed E-state index contributed by atoms with van der Waals surface area (Å²) in [5.41, 5.74) is 4.17. The van der Waals surface area contributed by atoms with E-state index in [2.05, 4.69) is 0 Å². The number of benzene rings is 1. The van der Waals surface area contributed by atoms with Crippen molar-refractivity contribution in [3.05, 3.63) is 27.7 Å². The van der Waals surface area contributed by atoms with Gasteiger partial charge in [0.2, 0.25) is 0 Å². The van der Waals surface area contributed by atoms with Gasteiger partial charge in [0.1, 0.15) is 0 Å². The molecule has 0 aromatic heterocycles. The molecule has 0 atom stereocenters. The zero-order chi connectivity index (χ0) is 11.8. The number of carbonyl (C=O) groups is 1. The van der Waals surface area contributed by atoms with Gasteiger partial charge in [-0.25, -0.2) is 4.79 Å². The van der Waals surface area contributed by atoms with Gasteiger partial charge in [0.05, 0.1) is 16.3 Å². The summed E-state index contributed by atoms with van der Waals surface area (Å²) in [6, 6.07) is 1.93. The van der Waals surface area contributed by atoms with E-state index in [9.17, 15) is 13.6 Å². The van der Waals surface area contributed by atoms with Gasteiger partial charge in [0.25, 0.3) is 0 Å². The standard InChI is InChI=1S/C8H5Cl2F2NO2/c9-3-1-4(6(10)5(13)2-3)8(11,12)7(14)15/h1-2H,13H2,(H,14,15). The Labute approximate surface area is 93.4 Å². The first kappa shape index (κ1) is 12.0. The van der Waals surface area contributed by atoms with Gasteiger partial charge in [0, 0.05) is 5.02 Å². The largest absolute Gasteiger partial charge is 0.477 e. The molecule has 0 aliphatic carbocycles. The van der Waals surface area contributed by atoms with E-state index in [1.807, 2.05) is 0 Å². The minimum absolute atomic E-state index is 0.104. The number of carboxylic acid groups (broad SMARTS) is 1. The predicted octanol–water partition coefficient (Wildman–Crippen LogP) is 2.75. The third-order valence-electron chi connectivity index (χ3n) is 1.67. The maximum absolute atomic E-state index is 13.1. The van der Waals surface area contributed by atoms with Crippen LogP contribution in [0.25, 0.3) is 0 Å². The monoisotopic (exact) mass is 255 g/mol. The first-order valence-corrected chi connectivity index (χ1v) is 4.38. The molecule has 1 aromatic carbocycles. The van der Waals surface area contributed by atoms with Crippen molar-refractivity contribution in [2.75, 3.05) is 5.73 Å². The fourth-order valence-corrected chi connectivity index (χ4v) is 1.41. The number of hydrogen-bond acceptors (Lipinski definition) is 2. The summed E-state index contributed by atoms with van der Waals surface area (Å²) in [5, 5.41) is 7.70. The van der Waals surface area contributed by atoms with Crippen LogP contribution >= 0.6 is 23.2 Å². The molecule has 7 heteroatoms. The van der Waals surface area contributed by atoms with Crippen LogP contribution in [0.2, 0.25) is 10.0 Å². The first-order chi connectivity index (χ1) is 6.76. The van der Waals surface area contributed by atoms with E-state index >= 15 is 0 Å². The van der Waals surface area contributed by atoms with E-state index in [4.69, 9.17) is 34.0 Å². The summed E-state index contributed by atoms with van der Waals surface area (Å²) >= 11 is 10.9. The lowest BCUT2D eigenvalue weighted by Crippen LogP contribution is -2.26. The van der Waals surface area contributed by atoms with Crippen LogP contribution in [0.15, 0.2) is 12.1 Å². The molecule has 3 N–H and O–H groups in total. The Morgan fingerprint density at radius 2 is 1.93 bits per heavy atom. The Balaban J connectivity index is 3.43. The number of alkyl halides is 2. The molecule has 15 heavy (non-hydrogen) atoms. The minimum atomic E-state index is -4.11. The van der Waals surface area contributed by atoms with Crippen LogP contribution in [-0.4, -0.2) is 11.1 Å². The lowest BCUT2D eigenvalue weighted by molar-refractivity contribution is -0.166. The number of halogens is 4. The third kappa shape index (κ3) is 2.13. The van der Waals surface area contributed by atoms with Crippen molar-refractivity contribution in [1.29, 1.82) is 0 Å².